The number of carbonyl (C=O) groups is 2. The third kappa shape index (κ3) is 5.61. The summed E-state index contributed by atoms with van der Waals surface area (Å²) in [4.78, 5) is 29.4. The number of halogens is 1. The molecule has 1 heterocycles. The zero-order valence-electron chi connectivity index (χ0n) is 18.3. The lowest BCUT2D eigenvalue weighted by Gasteiger charge is -2.33. The van der Waals surface area contributed by atoms with Crippen molar-refractivity contribution in [2.75, 3.05) is 40.8 Å². The van der Waals surface area contributed by atoms with E-state index in [1.54, 1.807) is 12.0 Å². The molecular weight excluding hydrogens is 397 g/mol. The van der Waals surface area contributed by atoms with Gasteiger partial charge in [0, 0.05) is 30.8 Å². The topological polar surface area (TPSA) is 61.9 Å². The van der Waals surface area contributed by atoms with Crippen LogP contribution in [0, 0.1) is 11.7 Å². The van der Waals surface area contributed by atoms with E-state index in [-0.39, 0.29) is 29.6 Å². The van der Waals surface area contributed by atoms with Gasteiger partial charge in [-0.3, -0.25) is 9.59 Å². The van der Waals surface area contributed by atoms with Gasteiger partial charge in [-0.25, -0.2) is 4.39 Å². The molecule has 1 saturated heterocycles. The summed E-state index contributed by atoms with van der Waals surface area (Å²) in [5.74, 6) is -0.0863. The van der Waals surface area contributed by atoms with E-state index in [1.165, 1.54) is 24.3 Å². The number of benzene rings is 2. The summed E-state index contributed by atoms with van der Waals surface area (Å²) in [6.07, 6.45) is 1.49. The van der Waals surface area contributed by atoms with Crippen molar-refractivity contribution in [3.05, 3.63) is 65.5 Å². The number of methoxy groups -OCH3 is 1. The molecule has 6 nitrogen and oxygen atoms in total. The van der Waals surface area contributed by atoms with Gasteiger partial charge < -0.3 is 19.9 Å². The molecular formula is C24H30FN3O3. The summed E-state index contributed by atoms with van der Waals surface area (Å²) in [5.41, 5.74) is 1.44. The zero-order chi connectivity index (χ0) is 22.4. The Morgan fingerprint density at radius 3 is 2.58 bits per heavy atom. The van der Waals surface area contributed by atoms with E-state index in [4.69, 9.17) is 4.74 Å². The highest BCUT2D eigenvalue weighted by atomic mass is 19.1. The maximum Gasteiger partial charge on any atom is 0.253 e. The van der Waals surface area contributed by atoms with Gasteiger partial charge in [0.2, 0.25) is 5.91 Å². The second-order valence-electron chi connectivity index (χ2n) is 8.06. The number of nitrogens with zero attached hydrogens (tertiary/aromatic N) is 2. The van der Waals surface area contributed by atoms with E-state index in [1.807, 2.05) is 43.3 Å². The van der Waals surface area contributed by atoms with Crippen LogP contribution in [-0.4, -0.2) is 62.5 Å². The number of likely N-dealkylation sites (tertiary alicyclic amines) is 1. The molecule has 1 aliphatic rings. The molecule has 0 saturated carbocycles. The average molecular weight is 428 g/mol. The van der Waals surface area contributed by atoms with Crippen LogP contribution >= 0.6 is 0 Å². The zero-order valence-corrected chi connectivity index (χ0v) is 18.3. The second-order valence-corrected chi connectivity index (χ2v) is 8.06. The lowest BCUT2D eigenvalue weighted by atomic mass is 9.96. The minimum Gasteiger partial charge on any atom is -0.496 e. The standard InChI is InChI=1S/C24H30FN3O3/c1-27(2)21(20-8-4-5-9-22(20)31-3)15-26-23(29)18-7-6-14-28(16-18)24(30)17-10-12-19(25)13-11-17/h4-5,8-13,18,21H,6-7,14-16H2,1-3H3,(H,26,29). The van der Waals surface area contributed by atoms with Gasteiger partial charge in [0.25, 0.3) is 5.91 Å². The first-order chi connectivity index (χ1) is 14.9. The Morgan fingerprint density at radius 2 is 1.90 bits per heavy atom. The number of para-hydroxylation sites is 1. The number of hydrogen-bond acceptors (Lipinski definition) is 4. The van der Waals surface area contributed by atoms with Crippen molar-refractivity contribution in [3.63, 3.8) is 0 Å². The van der Waals surface area contributed by atoms with Crippen LogP contribution < -0.4 is 10.1 Å². The maximum absolute atomic E-state index is 13.1. The molecule has 166 valence electrons. The molecule has 1 aliphatic heterocycles. The van der Waals surface area contributed by atoms with Gasteiger partial charge in [0.15, 0.2) is 0 Å². The number of amides is 2. The van der Waals surface area contributed by atoms with Crippen molar-refractivity contribution in [2.24, 2.45) is 5.92 Å². The Hall–Kier alpha value is -2.93. The van der Waals surface area contributed by atoms with Crippen molar-refractivity contribution >= 4 is 11.8 Å². The van der Waals surface area contributed by atoms with Gasteiger partial charge in [-0.2, -0.15) is 0 Å². The Balaban J connectivity index is 1.62. The van der Waals surface area contributed by atoms with Crippen LogP contribution in [0.2, 0.25) is 0 Å². The minimum absolute atomic E-state index is 0.0411. The van der Waals surface area contributed by atoms with Crippen LogP contribution in [0.3, 0.4) is 0 Å². The number of ether oxygens (including phenoxy) is 1. The third-order valence-electron chi connectivity index (χ3n) is 5.76. The van der Waals surface area contributed by atoms with Gasteiger partial charge in [-0.05, 0) is 57.3 Å². The van der Waals surface area contributed by atoms with Crippen molar-refractivity contribution in [1.82, 2.24) is 15.1 Å². The van der Waals surface area contributed by atoms with Gasteiger partial charge in [-0.1, -0.05) is 18.2 Å². The number of rotatable bonds is 7. The molecule has 2 amide bonds. The Kier molecular flexibility index (Phi) is 7.63. The fraction of sp³-hybridized carbons (Fsp3) is 0.417. The SMILES string of the molecule is COc1ccccc1C(CNC(=O)C1CCCN(C(=O)c2ccc(F)cc2)C1)N(C)C. The van der Waals surface area contributed by atoms with E-state index in [2.05, 4.69) is 5.32 Å². The number of nitrogens with one attached hydrogen (secondary N) is 1. The van der Waals surface area contributed by atoms with Gasteiger partial charge in [0.1, 0.15) is 11.6 Å². The third-order valence-corrected chi connectivity index (χ3v) is 5.76. The van der Waals surface area contributed by atoms with Crippen LogP contribution in [0.5, 0.6) is 5.75 Å². The number of piperidine rings is 1. The quantitative estimate of drug-likeness (QED) is 0.738. The Labute approximate surface area is 183 Å². The maximum atomic E-state index is 13.1. The summed E-state index contributed by atoms with van der Waals surface area (Å²) >= 11 is 0. The molecule has 7 heteroatoms. The summed E-state index contributed by atoms with van der Waals surface area (Å²) in [6, 6.07) is 13.3. The number of hydrogen-bond donors (Lipinski definition) is 1. The molecule has 2 atom stereocenters. The molecule has 31 heavy (non-hydrogen) atoms. The molecule has 2 aromatic rings. The molecule has 0 aromatic heterocycles. The fourth-order valence-corrected chi connectivity index (χ4v) is 4.00. The van der Waals surface area contributed by atoms with Crippen molar-refractivity contribution in [1.29, 1.82) is 0 Å². The molecule has 1 fully saturated rings. The smallest absolute Gasteiger partial charge is 0.253 e. The monoisotopic (exact) mass is 427 g/mol. The highest BCUT2D eigenvalue weighted by Gasteiger charge is 2.29. The van der Waals surface area contributed by atoms with E-state index >= 15 is 0 Å². The number of carbonyl (C=O) groups excluding carboxylic acids is 2. The molecule has 0 spiro atoms. The highest BCUT2D eigenvalue weighted by molar-refractivity contribution is 5.94. The average Bonchev–Trinajstić information content (AvgIpc) is 2.79. The van der Waals surface area contributed by atoms with Gasteiger partial charge in [-0.15, -0.1) is 0 Å². The first-order valence-electron chi connectivity index (χ1n) is 10.5. The van der Waals surface area contributed by atoms with Crippen molar-refractivity contribution < 1.29 is 18.7 Å². The van der Waals surface area contributed by atoms with Crippen molar-refractivity contribution in [3.8, 4) is 5.75 Å². The molecule has 2 aromatic carbocycles. The normalized spacial score (nSPS) is 17.3. The largest absolute Gasteiger partial charge is 0.496 e. The van der Waals surface area contributed by atoms with E-state index in [9.17, 15) is 14.0 Å². The van der Waals surface area contributed by atoms with Gasteiger partial charge in [0.05, 0.1) is 19.1 Å². The summed E-state index contributed by atoms with van der Waals surface area (Å²) in [6.45, 7) is 1.40. The predicted molar refractivity (Wildman–Crippen MR) is 117 cm³/mol. The number of likely N-dealkylation sites (N-methyl/N-ethyl adjacent to an activating group) is 1. The highest BCUT2D eigenvalue weighted by Crippen LogP contribution is 2.27. The molecule has 0 radical (unpaired) electrons. The van der Waals surface area contributed by atoms with E-state index in [0.29, 0.717) is 25.2 Å². The lowest BCUT2D eigenvalue weighted by Crippen LogP contribution is -2.46. The van der Waals surface area contributed by atoms with Crippen LogP contribution in [0.15, 0.2) is 48.5 Å². The van der Waals surface area contributed by atoms with E-state index < -0.39 is 0 Å². The molecule has 3 rings (SSSR count). The molecule has 0 bridgehead atoms. The fourth-order valence-electron chi connectivity index (χ4n) is 4.00. The first kappa shape index (κ1) is 22.7. The van der Waals surface area contributed by atoms with Crippen LogP contribution in [-0.2, 0) is 4.79 Å². The van der Waals surface area contributed by atoms with Crippen LogP contribution in [0.1, 0.15) is 34.8 Å². The Bertz CT molecular complexity index is 901. The first-order valence-corrected chi connectivity index (χ1v) is 10.5. The van der Waals surface area contributed by atoms with Crippen LogP contribution in [0.25, 0.3) is 0 Å². The van der Waals surface area contributed by atoms with Gasteiger partial charge >= 0.3 is 0 Å². The van der Waals surface area contributed by atoms with Crippen LogP contribution in [0.4, 0.5) is 4.39 Å². The van der Waals surface area contributed by atoms with Crippen molar-refractivity contribution in [2.45, 2.75) is 18.9 Å². The minimum atomic E-state index is -0.377. The lowest BCUT2D eigenvalue weighted by molar-refractivity contribution is -0.126. The molecule has 0 aliphatic carbocycles. The Morgan fingerprint density at radius 1 is 1.19 bits per heavy atom. The molecule has 1 N–H and O–H groups in total. The summed E-state index contributed by atoms with van der Waals surface area (Å²) in [7, 11) is 5.57. The molecule has 2 unspecified atom stereocenters. The second kappa shape index (κ2) is 10.4. The predicted octanol–water partition coefficient (Wildman–Crippen LogP) is 3.11. The van der Waals surface area contributed by atoms with E-state index in [0.717, 1.165) is 24.2 Å². The summed E-state index contributed by atoms with van der Waals surface area (Å²) in [5, 5.41) is 3.07. The summed E-state index contributed by atoms with van der Waals surface area (Å²) < 4.78 is 18.6.